The first-order valence-electron chi connectivity index (χ1n) is 4.00. The molecule has 1 aliphatic rings. The van der Waals surface area contributed by atoms with Gasteiger partial charge in [-0.05, 0) is 6.42 Å². The Kier molecular flexibility index (Phi) is 2.36. The molecule has 2 heterocycles. The molecule has 0 N–H and O–H groups in total. The van der Waals surface area contributed by atoms with E-state index in [4.69, 9.17) is 4.84 Å². The minimum absolute atomic E-state index is 0.273. The molecule has 78 valence electrons. The van der Waals surface area contributed by atoms with Gasteiger partial charge in [0.1, 0.15) is 0 Å². The molecule has 0 aromatic carbocycles. The van der Waals surface area contributed by atoms with Crippen LogP contribution in [-0.4, -0.2) is 18.1 Å². The lowest BCUT2D eigenvalue weighted by atomic mass is 10.5. The largest absolute Gasteiger partial charge is 0.434 e. The van der Waals surface area contributed by atoms with Gasteiger partial charge >= 0.3 is 6.18 Å². The van der Waals surface area contributed by atoms with Crippen LogP contribution in [-0.2, 0) is 11.0 Å². The van der Waals surface area contributed by atoms with Gasteiger partial charge in [0.05, 0.1) is 13.2 Å². The van der Waals surface area contributed by atoms with Gasteiger partial charge in [0.2, 0.25) is 5.13 Å². The SMILES string of the molecule is FC(F)(F)c1csc(N2CCCO2)n1. The van der Waals surface area contributed by atoms with Gasteiger partial charge in [-0.2, -0.15) is 13.2 Å². The molecule has 0 bridgehead atoms. The third-order valence-corrected chi connectivity index (χ3v) is 2.60. The van der Waals surface area contributed by atoms with Crippen molar-refractivity contribution >= 4 is 16.5 Å². The summed E-state index contributed by atoms with van der Waals surface area (Å²) in [4.78, 5) is 8.54. The number of alkyl halides is 3. The van der Waals surface area contributed by atoms with Crippen molar-refractivity contribution in [1.29, 1.82) is 0 Å². The van der Waals surface area contributed by atoms with E-state index < -0.39 is 11.9 Å². The van der Waals surface area contributed by atoms with Crippen LogP contribution in [0, 0.1) is 0 Å². The average Bonchev–Trinajstić information content (AvgIpc) is 2.73. The summed E-state index contributed by atoms with van der Waals surface area (Å²) in [7, 11) is 0. The fraction of sp³-hybridized carbons (Fsp3) is 0.571. The minimum Gasteiger partial charge on any atom is -0.271 e. The number of hydroxylamine groups is 1. The predicted octanol–water partition coefficient (Wildman–Crippen LogP) is 2.30. The maximum absolute atomic E-state index is 12.2. The Balaban J connectivity index is 2.17. The summed E-state index contributed by atoms with van der Waals surface area (Å²) < 4.78 is 36.5. The summed E-state index contributed by atoms with van der Waals surface area (Å²) in [5.74, 6) is 0. The van der Waals surface area contributed by atoms with Crippen molar-refractivity contribution in [2.24, 2.45) is 0 Å². The minimum atomic E-state index is -4.37. The van der Waals surface area contributed by atoms with Crippen LogP contribution in [0.5, 0.6) is 0 Å². The molecule has 2 rings (SSSR count). The summed E-state index contributed by atoms with van der Waals surface area (Å²) in [6.45, 7) is 1.14. The van der Waals surface area contributed by atoms with Crippen molar-refractivity contribution < 1.29 is 18.0 Å². The molecule has 3 nitrogen and oxygen atoms in total. The van der Waals surface area contributed by atoms with Crippen LogP contribution in [0.15, 0.2) is 5.38 Å². The zero-order valence-corrected chi connectivity index (χ0v) is 7.86. The Morgan fingerprint density at radius 3 is 2.79 bits per heavy atom. The van der Waals surface area contributed by atoms with E-state index in [1.165, 1.54) is 5.06 Å². The van der Waals surface area contributed by atoms with Crippen molar-refractivity contribution in [2.45, 2.75) is 12.6 Å². The molecule has 7 heteroatoms. The first kappa shape index (κ1) is 9.72. The van der Waals surface area contributed by atoms with Crippen LogP contribution in [0.1, 0.15) is 12.1 Å². The summed E-state index contributed by atoms with van der Waals surface area (Å²) in [5.41, 5.74) is -0.854. The highest BCUT2D eigenvalue weighted by Gasteiger charge is 2.34. The lowest BCUT2D eigenvalue weighted by Crippen LogP contribution is -2.16. The molecule has 1 aromatic heterocycles. The highest BCUT2D eigenvalue weighted by molar-refractivity contribution is 7.13. The van der Waals surface area contributed by atoms with Gasteiger partial charge in [0.25, 0.3) is 0 Å². The molecule has 0 radical (unpaired) electrons. The van der Waals surface area contributed by atoms with E-state index >= 15 is 0 Å². The number of halogens is 3. The van der Waals surface area contributed by atoms with Gasteiger partial charge in [0.15, 0.2) is 5.69 Å². The normalized spacial score (nSPS) is 17.8. The topological polar surface area (TPSA) is 25.4 Å². The highest BCUT2D eigenvalue weighted by Crippen LogP contribution is 2.33. The number of aromatic nitrogens is 1. The Hall–Kier alpha value is -0.820. The standard InChI is InChI=1S/C7H7F3N2OS/c8-7(9,10)5-4-14-6(11-5)12-2-1-3-13-12/h4H,1-3H2. The lowest BCUT2D eigenvalue weighted by Gasteiger charge is -2.10. The molecule has 0 unspecified atom stereocenters. The molecule has 1 aliphatic heterocycles. The second-order valence-electron chi connectivity index (χ2n) is 2.80. The number of nitrogens with zero attached hydrogens (tertiary/aromatic N) is 2. The fourth-order valence-corrected chi connectivity index (χ4v) is 1.92. The molecule has 0 aliphatic carbocycles. The van der Waals surface area contributed by atoms with Crippen molar-refractivity contribution in [3.05, 3.63) is 11.1 Å². The van der Waals surface area contributed by atoms with Gasteiger partial charge in [-0.3, -0.25) is 4.84 Å². The maximum Gasteiger partial charge on any atom is 0.434 e. The van der Waals surface area contributed by atoms with Crippen LogP contribution < -0.4 is 5.06 Å². The summed E-state index contributed by atoms with van der Waals surface area (Å²) in [6.07, 6.45) is -3.55. The quantitative estimate of drug-likeness (QED) is 0.731. The summed E-state index contributed by atoms with van der Waals surface area (Å²) in [5, 5.41) is 2.67. The molecule has 1 saturated heterocycles. The van der Waals surface area contributed by atoms with E-state index in [9.17, 15) is 13.2 Å². The summed E-state index contributed by atoms with van der Waals surface area (Å²) in [6, 6.07) is 0. The zero-order chi connectivity index (χ0) is 10.2. The Morgan fingerprint density at radius 2 is 2.29 bits per heavy atom. The van der Waals surface area contributed by atoms with Gasteiger partial charge < -0.3 is 0 Å². The number of thiazole rings is 1. The van der Waals surface area contributed by atoms with E-state index in [0.717, 1.165) is 23.1 Å². The molecule has 0 amide bonds. The van der Waals surface area contributed by atoms with E-state index in [0.29, 0.717) is 13.2 Å². The van der Waals surface area contributed by atoms with Crippen LogP contribution in [0.25, 0.3) is 0 Å². The van der Waals surface area contributed by atoms with Crippen LogP contribution in [0.2, 0.25) is 0 Å². The lowest BCUT2D eigenvalue weighted by molar-refractivity contribution is -0.140. The van der Waals surface area contributed by atoms with E-state index in [1.54, 1.807) is 0 Å². The Morgan fingerprint density at radius 1 is 1.50 bits per heavy atom. The molecular weight excluding hydrogens is 217 g/mol. The second kappa shape index (κ2) is 3.39. The van der Waals surface area contributed by atoms with Gasteiger partial charge in [-0.25, -0.2) is 10.0 Å². The molecule has 1 fully saturated rings. The first-order valence-corrected chi connectivity index (χ1v) is 4.88. The third kappa shape index (κ3) is 1.83. The predicted molar refractivity (Wildman–Crippen MR) is 45.0 cm³/mol. The number of rotatable bonds is 1. The molecule has 14 heavy (non-hydrogen) atoms. The third-order valence-electron chi connectivity index (χ3n) is 1.75. The maximum atomic E-state index is 12.2. The smallest absolute Gasteiger partial charge is 0.271 e. The monoisotopic (exact) mass is 224 g/mol. The van der Waals surface area contributed by atoms with E-state index in [2.05, 4.69) is 4.98 Å². The number of anilines is 1. The molecule has 1 aromatic rings. The Bertz CT molecular complexity index is 319. The van der Waals surface area contributed by atoms with Gasteiger partial charge in [-0.1, -0.05) is 0 Å². The molecule has 0 atom stereocenters. The summed E-state index contributed by atoms with van der Waals surface area (Å²) >= 11 is 0.943. The van der Waals surface area contributed by atoms with Crippen LogP contribution in [0.3, 0.4) is 0 Å². The molecule has 0 saturated carbocycles. The molecular formula is C7H7F3N2OS. The van der Waals surface area contributed by atoms with Crippen molar-refractivity contribution in [3.8, 4) is 0 Å². The number of hydrogen-bond donors (Lipinski definition) is 0. The molecule has 0 spiro atoms. The second-order valence-corrected chi connectivity index (χ2v) is 3.64. The van der Waals surface area contributed by atoms with Crippen LogP contribution in [0.4, 0.5) is 18.3 Å². The van der Waals surface area contributed by atoms with Gasteiger partial charge in [0, 0.05) is 5.38 Å². The van der Waals surface area contributed by atoms with E-state index in [1.807, 2.05) is 0 Å². The van der Waals surface area contributed by atoms with Crippen molar-refractivity contribution in [3.63, 3.8) is 0 Å². The zero-order valence-electron chi connectivity index (χ0n) is 7.04. The average molecular weight is 224 g/mol. The first-order chi connectivity index (χ1) is 6.57. The van der Waals surface area contributed by atoms with Crippen LogP contribution >= 0.6 is 11.3 Å². The Labute approximate surface area is 82.1 Å². The highest BCUT2D eigenvalue weighted by atomic mass is 32.1. The fourth-order valence-electron chi connectivity index (χ4n) is 1.11. The van der Waals surface area contributed by atoms with Gasteiger partial charge in [-0.15, -0.1) is 11.3 Å². The van der Waals surface area contributed by atoms with E-state index in [-0.39, 0.29) is 5.13 Å². The number of hydrogen-bond acceptors (Lipinski definition) is 4. The van der Waals surface area contributed by atoms with Crippen molar-refractivity contribution in [1.82, 2.24) is 4.98 Å². The van der Waals surface area contributed by atoms with Crippen molar-refractivity contribution in [2.75, 3.05) is 18.2 Å².